The van der Waals surface area contributed by atoms with Crippen LogP contribution in [0.25, 0.3) is 0 Å². The maximum absolute atomic E-state index is 10.2. The topological polar surface area (TPSA) is 144 Å². The number of hydrogen-bond acceptors (Lipinski definition) is 9. The van der Waals surface area contributed by atoms with Crippen LogP contribution in [-0.4, -0.2) is 97.3 Å². The summed E-state index contributed by atoms with van der Waals surface area (Å²) in [7, 11) is 1.58. The van der Waals surface area contributed by atoms with Gasteiger partial charge < -0.3 is 35.2 Å². The van der Waals surface area contributed by atoms with Crippen molar-refractivity contribution in [2.24, 2.45) is 0 Å². The Balaban J connectivity index is 1.82. The highest BCUT2D eigenvalue weighted by Crippen LogP contribution is 2.27. The molecular formula is C18H34N4O6. The smallest absolute Gasteiger partial charge is 0.171 e. The van der Waals surface area contributed by atoms with Crippen LogP contribution in [0.2, 0.25) is 0 Å². The van der Waals surface area contributed by atoms with Crippen LogP contribution >= 0.6 is 0 Å². The molecule has 0 spiro atoms. The third-order valence-corrected chi connectivity index (χ3v) is 5.21. The second-order valence-corrected chi connectivity index (χ2v) is 7.42. The molecule has 28 heavy (non-hydrogen) atoms. The molecule has 1 aromatic heterocycles. The van der Waals surface area contributed by atoms with Crippen LogP contribution in [0.3, 0.4) is 0 Å². The van der Waals surface area contributed by atoms with E-state index in [9.17, 15) is 25.5 Å². The van der Waals surface area contributed by atoms with E-state index in [2.05, 4.69) is 17.2 Å². The number of hydrogen-bond donors (Lipinski definition) is 5. The summed E-state index contributed by atoms with van der Waals surface area (Å²) in [6, 6.07) is -1.03. The molecule has 1 heterocycles. The summed E-state index contributed by atoms with van der Waals surface area (Å²) in [5, 5.41) is 58.0. The highest BCUT2D eigenvalue weighted by atomic mass is 16.5. The van der Waals surface area contributed by atoms with Crippen LogP contribution in [0.5, 0.6) is 0 Å². The molecule has 0 amide bonds. The number of aromatic nitrogens is 3. The summed E-state index contributed by atoms with van der Waals surface area (Å²) in [4.78, 5) is 1.46. The van der Waals surface area contributed by atoms with Gasteiger partial charge in [0.15, 0.2) is 5.82 Å². The fourth-order valence-electron chi connectivity index (χ4n) is 3.46. The number of likely N-dealkylation sites (N-methyl/N-ethyl adjacent to an activating group) is 1. The Bertz CT molecular complexity index is 558. The molecule has 0 bridgehead atoms. The zero-order valence-corrected chi connectivity index (χ0v) is 16.6. The average Bonchev–Trinajstić information content (AvgIpc) is 3.16. The molecule has 4 atom stereocenters. The lowest BCUT2D eigenvalue weighted by atomic mass is 9.82. The predicted octanol–water partition coefficient (Wildman–Crippen LogP) is -1.11. The standard InChI is InChI=1S/C18H34N4O6/c1-3-9-28-10-7-5-4-6-8-22-11-12(19-20-22)21(2)13-14(23)16(25)18(27)17(26)15(13)24/h11,13-18,23-27H,3-10H2,1-2H3. The molecule has 2 rings (SSSR count). The van der Waals surface area contributed by atoms with Gasteiger partial charge in [-0.15, -0.1) is 5.10 Å². The minimum atomic E-state index is -1.61. The Kier molecular flexibility index (Phi) is 9.06. The summed E-state index contributed by atoms with van der Waals surface area (Å²) in [6.45, 7) is 4.39. The second kappa shape index (κ2) is 11.0. The number of aryl methyl sites for hydroxylation is 1. The van der Waals surface area contributed by atoms with E-state index in [1.807, 2.05) is 0 Å². The first-order chi connectivity index (χ1) is 13.4. The summed E-state index contributed by atoms with van der Waals surface area (Å²) in [5.41, 5.74) is 0. The second-order valence-electron chi connectivity index (χ2n) is 7.42. The van der Waals surface area contributed by atoms with E-state index in [1.54, 1.807) is 17.9 Å². The van der Waals surface area contributed by atoms with Gasteiger partial charge in [-0.25, -0.2) is 0 Å². The lowest BCUT2D eigenvalue weighted by Gasteiger charge is -2.45. The van der Waals surface area contributed by atoms with Gasteiger partial charge in [0.2, 0.25) is 0 Å². The molecule has 1 aliphatic carbocycles. The maximum Gasteiger partial charge on any atom is 0.171 e. The molecule has 1 saturated carbocycles. The summed E-state index contributed by atoms with van der Waals surface area (Å²) >= 11 is 0. The van der Waals surface area contributed by atoms with Crippen molar-refractivity contribution in [3.8, 4) is 0 Å². The molecule has 0 radical (unpaired) electrons. The number of rotatable bonds is 11. The highest BCUT2D eigenvalue weighted by molar-refractivity contribution is 5.37. The molecule has 1 fully saturated rings. The summed E-state index contributed by atoms with van der Waals surface area (Å²) < 4.78 is 7.13. The quantitative estimate of drug-likeness (QED) is 0.291. The molecule has 10 nitrogen and oxygen atoms in total. The Morgan fingerprint density at radius 2 is 1.54 bits per heavy atom. The van der Waals surface area contributed by atoms with E-state index in [0.717, 1.165) is 45.3 Å². The number of anilines is 1. The van der Waals surface area contributed by atoms with Crippen LogP contribution in [0.4, 0.5) is 5.82 Å². The molecule has 4 unspecified atom stereocenters. The van der Waals surface area contributed by atoms with Gasteiger partial charge in [0.25, 0.3) is 0 Å². The fourth-order valence-corrected chi connectivity index (χ4v) is 3.46. The maximum atomic E-state index is 10.2. The van der Waals surface area contributed by atoms with Gasteiger partial charge >= 0.3 is 0 Å². The highest BCUT2D eigenvalue weighted by Gasteiger charge is 2.50. The van der Waals surface area contributed by atoms with Gasteiger partial charge in [0, 0.05) is 26.8 Å². The number of aliphatic hydroxyl groups is 5. The van der Waals surface area contributed by atoms with Gasteiger partial charge in [-0.1, -0.05) is 25.0 Å². The molecule has 1 aromatic rings. The molecule has 0 saturated heterocycles. The van der Waals surface area contributed by atoms with Crippen molar-refractivity contribution in [1.29, 1.82) is 0 Å². The number of aliphatic hydroxyl groups excluding tert-OH is 5. The number of ether oxygens (including phenoxy) is 1. The van der Waals surface area contributed by atoms with Gasteiger partial charge in [-0.3, -0.25) is 4.68 Å². The monoisotopic (exact) mass is 402 g/mol. The molecule has 0 aliphatic heterocycles. The zero-order chi connectivity index (χ0) is 20.7. The number of nitrogens with zero attached hydrogens (tertiary/aromatic N) is 4. The first-order valence-electron chi connectivity index (χ1n) is 9.99. The molecule has 10 heteroatoms. The molecular weight excluding hydrogens is 368 g/mol. The van der Waals surface area contributed by atoms with Crippen LogP contribution in [0, 0.1) is 0 Å². The fraction of sp³-hybridized carbons (Fsp3) is 0.889. The Labute approximate surface area is 165 Å². The Morgan fingerprint density at radius 3 is 2.18 bits per heavy atom. The van der Waals surface area contributed by atoms with E-state index in [-0.39, 0.29) is 0 Å². The first-order valence-corrected chi connectivity index (χ1v) is 9.99. The number of unbranched alkanes of at least 4 members (excludes halogenated alkanes) is 3. The molecule has 1 aliphatic rings. The minimum Gasteiger partial charge on any atom is -0.388 e. The molecule has 5 N–H and O–H groups in total. The van der Waals surface area contributed by atoms with Crippen molar-refractivity contribution in [2.45, 2.75) is 82.1 Å². The first kappa shape index (κ1) is 23.0. The predicted molar refractivity (Wildman–Crippen MR) is 102 cm³/mol. The SMILES string of the molecule is CCCOCCCCCCn1cc(N(C)C2C(O)C(O)C(O)C(O)C2O)nn1. The molecule has 0 aromatic carbocycles. The van der Waals surface area contributed by atoms with Crippen LogP contribution in [-0.2, 0) is 11.3 Å². The van der Waals surface area contributed by atoms with E-state index >= 15 is 0 Å². The van der Waals surface area contributed by atoms with Crippen LogP contribution in [0.15, 0.2) is 6.20 Å². The van der Waals surface area contributed by atoms with E-state index in [0.29, 0.717) is 12.4 Å². The van der Waals surface area contributed by atoms with Crippen molar-refractivity contribution < 1.29 is 30.3 Å². The van der Waals surface area contributed by atoms with E-state index in [1.165, 1.54) is 4.90 Å². The van der Waals surface area contributed by atoms with Gasteiger partial charge in [-0.05, 0) is 19.3 Å². The largest absolute Gasteiger partial charge is 0.388 e. The van der Waals surface area contributed by atoms with E-state index in [4.69, 9.17) is 4.74 Å². The Morgan fingerprint density at radius 1 is 0.929 bits per heavy atom. The lowest BCUT2D eigenvalue weighted by molar-refractivity contribution is -0.185. The molecule has 162 valence electrons. The summed E-state index contributed by atoms with van der Waals surface area (Å²) in [5.74, 6) is 0.395. The normalized spacial score (nSPS) is 30.5. The van der Waals surface area contributed by atoms with Gasteiger partial charge in [0.1, 0.15) is 30.5 Å². The van der Waals surface area contributed by atoms with Gasteiger partial charge in [-0.2, -0.15) is 0 Å². The van der Waals surface area contributed by atoms with E-state index < -0.39 is 36.6 Å². The van der Waals surface area contributed by atoms with Crippen molar-refractivity contribution >= 4 is 5.82 Å². The third-order valence-electron chi connectivity index (χ3n) is 5.21. The van der Waals surface area contributed by atoms with Crippen molar-refractivity contribution in [3.05, 3.63) is 6.20 Å². The zero-order valence-electron chi connectivity index (χ0n) is 16.6. The Hall–Kier alpha value is -1.30. The van der Waals surface area contributed by atoms with Gasteiger partial charge in [0.05, 0.1) is 12.2 Å². The van der Waals surface area contributed by atoms with Crippen molar-refractivity contribution in [2.75, 3.05) is 25.2 Å². The summed E-state index contributed by atoms with van der Waals surface area (Å²) in [6.07, 6.45) is -0.790. The van der Waals surface area contributed by atoms with Crippen molar-refractivity contribution in [3.63, 3.8) is 0 Å². The van der Waals surface area contributed by atoms with Crippen LogP contribution < -0.4 is 4.90 Å². The van der Waals surface area contributed by atoms with Crippen molar-refractivity contribution in [1.82, 2.24) is 15.0 Å². The third kappa shape index (κ3) is 5.62. The van der Waals surface area contributed by atoms with Crippen LogP contribution in [0.1, 0.15) is 39.0 Å². The minimum absolute atomic E-state index is 0.395. The average molecular weight is 402 g/mol. The lowest BCUT2D eigenvalue weighted by Crippen LogP contribution is -2.68.